The number of thiophene rings is 1. The first-order chi connectivity index (χ1) is 8.36. The minimum atomic E-state index is -3.50. The normalized spacial score (nSPS) is 13.4. The summed E-state index contributed by atoms with van der Waals surface area (Å²) in [6.07, 6.45) is 1.08. The van der Waals surface area contributed by atoms with Crippen LogP contribution in [0.5, 0.6) is 0 Å². The molecule has 1 aromatic heterocycles. The highest BCUT2D eigenvalue weighted by Crippen LogP contribution is 2.21. The fourth-order valence-electron chi connectivity index (χ4n) is 1.30. The molecule has 1 unspecified atom stereocenters. The van der Waals surface area contributed by atoms with E-state index in [1.807, 2.05) is 6.92 Å². The van der Waals surface area contributed by atoms with Crippen molar-refractivity contribution in [3.05, 3.63) is 17.0 Å². The van der Waals surface area contributed by atoms with Gasteiger partial charge in [-0.25, -0.2) is 13.1 Å². The molecule has 0 spiro atoms. The molecule has 0 aliphatic rings. The monoisotopic (exact) mass is 291 g/mol. The van der Waals surface area contributed by atoms with Gasteiger partial charge >= 0.3 is 5.97 Å². The van der Waals surface area contributed by atoms with Crippen LogP contribution in [0.25, 0.3) is 0 Å². The Labute approximate surface area is 111 Å². The lowest BCUT2D eigenvalue weighted by molar-refractivity contribution is -0.141. The third-order valence-electron chi connectivity index (χ3n) is 2.54. The summed E-state index contributed by atoms with van der Waals surface area (Å²) >= 11 is 1.24. The molecule has 0 aromatic carbocycles. The summed E-state index contributed by atoms with van der Waals surface area (Å²) in [7, 11) is -3.50. The maximum absolute atomic E-state index is 11.9. The number of sulfonamides is 1. The second kappa shape index (κ2) is 6.31. The molecule has 5 nitrogen and oxygen atoms in total. The van der Waals surface area contributed by atoms with E-state index in [0.717, 1.165) is 11.3 Å². The molecule has 0 saturated carbocycles. The van der Waals surface area contributed by atoms with Gasteiger partial charge in [0, 0.05) is 11.4 Å². The summed E-state index contributed by atoms with van der Waals surface area (Å²) in [5.74, 6) is -1.47. The average Bonchev–Trinajstić information content (AvgIpc) is 2.77. The first-order valence-corrected chi connectivity index (χ1v) is 7.98. The van der Waals surface area contributed by atoms with Crippen LogP contribution in [0.1, 0.15) is 25.1 Å². The molecule has 1 aromatic rings. The molecule has 7 heteroatoms. The maximum Gasteiger partial charge on any atom is 0.306 e. The van der Waals surface area contributed by atoms with Crippen LogP contribution < -0.4 is 4.72 Å². The van der Waals surface area contributed by atoms with Crippen LogP contribution in [-0.2, 0) is 21.2 Å². The van der Waals surface area contributed by atoms with Gasteiger partial charge in [0.15, 0.2) is 0 Å². The molecule has 102 valence electrons. The van der Waals surface area contributed by atoms with Crippen LogP contribution in [-0.4, -0.2) is 26.0 Å². The number of hydrogen-bond donors (Lipinski definition) is 2. The molecule has 0 amide bonds. The largest absolute Gasteiger partial charge is 0.481 e. The number of carboxylic acid groups (broad SMARTS) is 1. The number of hydrogen-bond acceptors (Lipinski definition) is 4. The second-order valence-corrected chi connectivity index (χ2v) is 7.16. The van der Waals surface area contributed by atoms with E-state index in [1.54, 1.807) is 19.1 Å². The minimum absolute atomic E-state index is 0.134. The molecule has 1 rings (SSSR count). The van der Waals surface area contributed by atoms with Crippen LogP contribution in [0.3, 0.4) is 0 Å². The van der Waals surface area contributed by atoms with Crippen LogP contribution in [0.2, 0.25) is 0 Å². The topological polar surface area (TPSA) is 83.5 Å². The summed E-state index contributed by atoms with van der Waals surface area (Å²) in [5.41, 5.74) is 0. The van der Waals surface area contributed by atoms with E-state index in [9.17, 15) is 13.2 Å². The highest BCUT2D eigenvalue weighted by molar-refractivity contribution is 7.91. The fourth-order valence-corrected chi connectivity index (χ4v) is 3.68. The fraction of sp³-hybridized carbons (Fsp3) is 0.545. The number of aliphatic carboxylic acids is 1. The Morgan fingerprint density at radius 3 is 2.67 bits per heavy atom. The van der Waals surface area contributed by atoms with Crippen molar-refractivity contribution in [3.8, 4) is 0 Å². The van der Waals surface area contributed by atoms with Crippen LogP contribution in [0, 0.1) is 5.92 Å². The zero-order valence-corrected chi connectivity index (χ0v) is 12.0. The number of carbonyl (C=O) groups is 1. The Morgan fingerprint density at radius 2 is 2.17 bits per heavy atom. The predicted octanol–water partition coefficient (Wildman–Crippen LogP) is 1.70. The summed E-state index contributed by atoms with van der Waals surface area (Å²) in [4.78, 5) is 11.6. The van der Waals surface area contributed by atoms with Gasteiger partial charge in [0.05, 0.1) is 5.92 Å². The molecule has 2 N–H and O–H groups in total. The number of carboxylic acids is 1. The van der Waals surface area contributed by atoms with Gasteiger partial charge in [-0.2, -0.15) is 0 Å². The molecule has 0 aliphatic heterocycles. The van der Waals surface area contributed by atoms with Crippen molar-refractivity contribution < 1.29 is 18.3 Å². The molecule has 0 saturated heterocycles. The first-order valence-electron chi connectivity index (χ1n) is 5.68. The van der Waals surface area contributed by atoms with Gasteiger partial charge in [-0.1, -0.05) is 13.8 Å². The van der Waals surface area contributed by atoms with Gasteiger partial charge < -0.3 is 5.11 Å². The van der Waals surface area contributed by atoms with E-state index in [-0.39, 0.29) is 17.2 Å². The third-order valence-corrected chi connectivity index (χ3v) is 5.72. The smallest absolute Gasteiger partial charge is 0.306 e. The number of rotatable bonds is 7. The number of nitrogens with one attached hydrogen (secondary N) is 1. The SMILES string of the molecule is CCc1ccc(S(=O)(=O)NCCC(C)C(=O)O)s1. The van der Waals surface area contributed by atoms with Crippen molar-refractivity contribution in [2.45, 2.75) is 30.9 Å². The van der Waals surface area contributed by atoms with E-state index in [1.165, 1.54) is 11.3 Å². The van der Waals surface area contributed by atoms with Crippen LogP contribution in [0.4, 0.5) is 0 Å². The average molecular weight is 291 g/mol. The molecule has 0 fully saturated rings. The zero-order chi connectivity index (χ0) is 13.8. The summed E-state index contributed by atoms with van der Waals surface area (Å²) in [6, 6.07) is 3.37. The summed E-state index contributed by atoms with van der Waals surface area (Å²) < 4.78 is 26.4. The quantitative estimate of drug-likeness (QED) is 0.801. The van der Waals surface area contributed by atoms with E-state index in [4.69, 9.17) is 5.11 Å². The van der Waals surface area contributed by atoms with Gasteiger partial charge in [0.25, 0.3) is 0 Å². The summed E-state index contributed by atoms with van der Waals surface area (Å²) in [5, 5.41) is 8.69. The first kappa shape index (κ1) is 15.1. The van der Waals surface area contributed by atoms with Crippen molar-refractivity contribution >= 4 is 27.3 Å². The Kier molecular flexibility index (Phi) is 5.30. The lowest BCUT2D eigenvalue weighted by atomic mass is 10.1. The Balaban J connectivity index is 2.57. The number of aryl methyl sites for hydroxylation is 1. The standard InChI is InChI=1S/C11H17NO4S2/c1-3-9-4-5-10(17-9)18(15,16)12-7-6-8(2)11(13)14/h4-5,8,12H,3,6-7H2,1-2H3,(H,13,14). The van der Waals surface area contributed by atoms with Crippen molar-refractivity contribution in [2.24, 2.45) is 5.92 Å². The molecule has 0 radical (unpaired) electrons. The highest BCUT2D eigenvalue weighted by atomic mass is 32.2. The van der Waals surface area contributed by atoms with Crippen molar-refractivity contribution in [1.29, 1.82) is 0 Å². The third kappa shape index (κ3) is 4.08. The molecular formula is C11H17NO4S2. The molecule has 18 heavy (non-hydrogen) atoms. The molecular weight excluding hydrogens is 274 g/mol. The Morgan fingerprint density at radius 1 is 1.50 bits per heavy atom. The van der Waals surface area contributed by atoms with Crippen molar-refractivity contribution in [1.82, 2.24) is 4.72 Å². The highest BCUT2D eigenvalue weighted by Gasteiger charge is 2.17. The lowest BCUT2D eigenvalue weighted by Gasteiger charge is -2.07. The van der Waals surface area contributed by atoms with Crippen LogP contribution in [0.15, 0.2) is 16.3 Å². The minimum Gasteiger partial charge on any atom is -0.481 e. The van der Waals surface area contributed by atoms with E-state index in [2.05, 4.69) is 4.72 Å². The zero-order valence-electron chi connectivity index (χ0n) is 10.3. The van der Waals surface area contributed by atoms with Gasteiger partial charge in [-0.15, -0.1) is 11.3 Å². The maximum atomic E-state index is 11.9. The van der Waals surface area contributed by atoms with Gasteiger partial charge in [-0.05, 0) is 25.0 Å². The predicted molar refractivity (Wildman–Crippen MR) is 70.3 cm³/mol. The molecule has 1 atom stereocenters. The van der Waals surface area contributed by atoms with Gasteiger partial charge in [-0.3, -0.25) is 4.79 Å². The molecule has 0 bridgehead atoms. The second-order valence-electron chi connectivity index (χ2n) is 4.00. The molecule has 1 heterocycles. The van der Waals surface area contributed by atoms with Gasteiger partial charge in [0.1, 0.15) is 4.21 Å². The summed E-state index contributed by atoms with van der Waals surface area (Å²) in [6.45, 7) is 3.65. The Bertz CT molecular complexity index is 507. The van der Waals surface area contributed by atoms with Crippen molar-refractivity contribution in [2.75, 3.05) is 6.54 Å². The van der Waals surface area contributed by atoms with E-state index < -0.39 is 21.9 Å². The van der Waals surface area contributed by atoms with Crippen molar-refractivity contribution in [3.63, 3.8) is 0 Å². The van der Waals surface area contributed by atoms with Gasteiger partial charge in [0.2, 0.25) is 10.0 Å². The Hall–Kier alpha value is -0.920. The molecule has 0 aliphatic carbocycles. The van der Waals surface area contributed by atoms with E-state index >= 15 is 0 Å². The van der Waals surface area contributed by atoms with Crippen LogP contribution >= 0.6 is 11.3 Å². The lowest BCUT2D eigenvalue weighted by Crippen LogP contribution is -2.26. The van der Waals surface area contributed by atoms with E-state index in [0.29, 0.717) is 0 Å².